The Kier molecular flexibility index (Phi) is 6.34. The van der Waals surface area contributed by atoms with Crippen molar-refractivity contribution in [2.24, 2.45) is 7.05 Å². The van der Waals surface area contributed by atoms with Crippen molar-refractivity contribution in [3.05, 3.63) is 77.3 Å². The Balaban J connectivity index is 1.58. The molecule has 0 fully saturated rings. The zero-order valence-electron chi connectivity index (χ0n) is 16.6. The van der Waals surface area contributed by atoms with Gasteiger partial charge < -0.3 is 4.57 Å². The van der Waals surface area contributed by atoms with Crippen molar-refractivity contribution in [3.8, 4) is 0 Å². The third-order valence-electron chi connectivity index (χ3n) is 4.49. The molecule has 30 heavy (non-hydrogen) atoms. The Bertz CT molecular complexity index is 1200. The van der Waals surface area contributed by atoms with Gasteiger partial charge in [0, 0.05) is 36.6 Å². The molecule has 1 aromatic heterocycles. The molecular weight excluding hydrogens is 404 g/mol. The molecule has 0 aliphatic carbocycles. The fourth-order valence-electron chi connectivity index (χ4n) is 2.88. The van der Waals surface area contributed by atoms with Crippen LogP contribution in [0.25, 0.3) is 17.0 Å². The van der Waals surface area contributed by atoms with Crippen molar-refractivity contribution in [2.45, 2.75) is 0 Å². The van der Waals surface area contributed by atoms with E-state index in [2.05, 4.69) is 10.9 Å². The first-order valence-electron chi connectivity index (χ1n) is 9.10. The summed E-state index contributed by atoms with van der Waals surface area (Å²) >= 11 is 0. The fraction of sp³-hybridized carbons (Fsp3) is 0.143. The van der Waals surface area contributed by atoms with Gasteiger partial charge in [0.25, 0.3) is 11.8 Å². The van der Waals surface area contributed by atoms with Gasteiger partial charge in [0.2, 0.25) is 10.0 Å². The second-order valence-corrected chi connectivity index (χ2v) is 8.61. The first kappa shape index (κ1) is 21.3. The lowest BCUT2D eigenvalue weighted by Crippen LogP contribution is -2.46. The number of fused-ring (bicyclic) bond motifs is 1. The summed E-state index contributed by atoms with van der Waals surface area (Å²) in [6.07, 6.45) is 3.11. The highest BCUT2D eigenvalue weighted by atomic mass is 32.2. The van der Waals surface area contributed by atoms with Crippen LogP contribution in [0.15, 0.2) is 66.2 Å². The smallest absolute Gasteiger partial charge is 0.271 e. The van der Waals surface area contributed by atoms with Gasteiger partial charge in [0.15, 0.2) is 0 Å². The summed E-state index contributed by atoms with van der Waals surface area (Å²) in [7, 11) is -0.685. The van der Waals surface area contributed by atoms with Crippen LogP contribution >= 0.6 is 0 Å². The monoisotopic (exact) mass is 426 g/mol. The molecule has 0 atom stereocenters. The minimum atomic E-state index is -3.79. The molecule has 0 bridgehead atoms. The van der Waals surface area contributed by atoms with Gasteiger partial charge in [-0.1, -0.05) is 48.5 Å². The SMILES string of the molecule is CN(CC(=O)NNC(=O)c1cn(C)c2ccccc12)S(=O)(=O)/C=C/c1ccccc1. The normalized spacial score (nSPS) is 11.8. The highest BCUT2D eigenvalue weighted by Crippen LogP contribution is 2.19. The number of aryl methyl sites for hydroxylation is 1. The van der Waals surface area contributed by atoms with Crippen molar-refractivity contribution in [1.82, 2.24) is 19.7 Å². The van der Waals surface area contributed by atoms with Gasteiger partial charge in [-0.25, -0.2) is 8.42 Å². The number of carbonyl (C=O) groups excluding carboxylic acids is 2. The van der Waals surface area contributed by atoms with Gasteiger partial charge in [0.05, 0.1) is 12.1 Å². The molecule has 0 spiro atoms. The Hall–Kier alpha value is -3.43. The van der Waals surface area contributed by atoms with Crippen LogP contribution in [0.4, 0.5) is 0 Å². The number of likely N-dealkylation sites (N-methyl/N-ethyl adjacent to an activating group) is 1. The van der Waals surface area contributed by atoms with Gasteiger partial charge in [-0.15, -0.1) is 0 Å². The maximum absolute atomic E-state index is 12.4. The molecule has 9 heteroatoms. The summed E-state index contributed by atoms with van der Waals surface area (Å²) in [6, 6.07) is 16.3. The second kappa shape index (κ2) is 8.93. The Morgan fingerprint density at radius 2 is 1.70 bits per heavy atom. The van der Waals surface area contributed by atoms with Gasteiger partial charge in [-0.3, -0.25) is 20.4 Å². The summed E-state index contributed by atoms with van der Waals surface area (Å²) in [4.78, 5) is 24.6. The Labute approximate surface area is 174 Å². The molecule has 8 nitrogen and oxygen atoms in total. The Morgan fingerprint density at radius 1 is 1.03 bits per heavy atom. The number of aromatic nitrogens is 1. The Morgan fingerprint density at radius 3 is 2.43 bits per heavy atom. The largest absolute Gasteiger partial charge is 0.350 e. The predicted molar refractivity (Wildman–Crippen MR) is 116 cm³/mol. The molecular formula is C21H22N4O4S. The molecule has 2 N–H and O–H groups in total. The van der Waals surface area contributed by atoms with Gasteiger partial charge in [-0.05, 0) is 17.7 Å². The number of hydrogen-bond donors (Lipinski definition) is 2. The third kappa shape index (κ3) is 4.94. The molecule has 0 aliphatic rings. The van der Waals surface area contributed by atoms with Crippen LogP contribution in [-0.4, -0.2) is 42.7 Å². The highest BCUT2D eigenvalue weighted by molar-refractivity contribution is 7.92. The average molecular weight is 426 g/mol. The molecule has 0 saturated carbocycles. The molecule has 156 valence electrons. The van der Waals surface area contributed by atoms with Crippen LogP contribution in [0.2, 0.25) is 0 Å². The number of para-hydroxylation sites is 1. The molecule has 0 radical (unpaired) electrons. The van der Waals surface area contributed by atoms with E-state index in [4.69, 9.17) is 0 Å². The molecule has 0 aliphatic heterocycles. The summed E-state index contributed by atoms with van der Waals surface area (Å²) in [5, 5.41) is 1.78. The van der Waals surface area contributed by atoms with E-state index >= 15 is 0 Å². The number of carbonyl (C=O) groups is 2. The lowest BCUT2D eigenvalue weighted by molar-refractivity contribution is -0.121. The number of hydrazine groups is 1. The van der Waals surface area contributed by atoms with Crippen LogP contribution < -0.4 is 10.9 Å². The van der Waals surface area contributed by atoms with Crippen LogP contribution in [0.1, 0.15) is 15.9 Å². The maximum atomic E-state index is 12.4. The zero-order valence-corrected chi connectivity index (χ0v) is 17.4. The van der Waals surface area contributed by atoms with Crippen molar-refractivity contribution < 1.29 is 18.0 Å². The lowest BCUT2D eigenvalue weighted by atomic mass is 10.2. The fourth-order valence-corrected chi connectivity index (χ4v) is 3.71. The molecule has 2 amide bonds. The van der Waals surface area contributed by atoms with Crippen LogP contribution in [0.5, 0.6) is 0 Å². The number of sulfonamides is 1. The lowest BCUT2D eigenvalue weighted by Gasteiger charge is -2.14. The van der Waals surface area contributed by atoms with Crippen molar-refractivity contribution in [2.75, 3.05) is 13.6 Å². The first-order chi connectivity index (χ1) is 14.3. The van der Waals surface area contributed by atoms with E-state index in [1.165, 1.54) is 13.1 Å². The van der Waals surface area contributed by atoms with E-state index in [0.29, 0.717) is 5.56 Å². The first-order valence-corrected chi connectivity index (χ1v) is 10.6. The quantitative estimate of drug-likeness (QED) is 0.588. The van der Waals surface area contributed by atoms with Crippen LogP contribution in [0, 0.1) is 0 Å². The number of benzene rings is 2. The number of nitrogens with zero attached hydrogens (tertiary/aromatic N) is 2. The minimum absolute atomic E-state index is 0.403. The van der Waals surface area contributed by atoms with Crippen LogP contribution in [-0.2, 0) is 21.9 Å². The number of rotatable bonds is 6. The van der Waals surface area contributed by atoms with Gasteiger partial charge >= 0.3 is 0 Å². The highest BCUT2D eigenvalue weighted by Gasteiger charge is 2.19. The molecule has 3 rings (SSSR count). The number of nitrogens with one attached hydrogen (secondary N) is 2. The van der Waals surface area contributed by atoms with Gasteiger partial charge in [-0.2, -0.15) is 4.31 Å². The molecule has 3 aromatic rings. The van der Waals surface area contributed by atoms with Crippen molar-refractivity contribution in [1.29, 1.82) is 0 Å². The summed E-state index contributed by atoms with van der Waals surface area (Å²) in [5.41, 5.74) is 6.59. The number of amides is 2. The van der Waals surface area contributed by atoms with E-state index < -0.39 is 28.4 Å². The van der Waals surface area contributed by atoms with Crippen LogP contribution in [0.3, 0.4) is 0 Å². The zero-order chi connectivity index (χ0) is 21.7. The van der Waals surface area contributed by atoms with E-state index in [0.717, 1.165) is 26.2 Å². The summed E-state index contributed by atoms with van der Waals surface area (Å²) in [6.45, 7) is -0.447. The summed E-state index contributed by atoms with van der Waals surface area (Å²) < 4.78 is 27.3. The predicted octanol–water partition coefficient (Wildman–Crippen LogP) is 1.87. The van der Waals surface area contributed by atoms with E-state index in [1.54, 1.807) is 30.5 Å². The summed E-state index contributed by atoms with van der Waals surface area (Å²) in [5.74, 6) is -1.16. The van der Waals surface area contributed by atoms with Crippen molar-refractivity contribution in [3.63, 3.8) is 0 Å². The standard InChI is InChI=1S/C21H22N4O4S/c1-24-14-18(17-10-6-7-11-19(17)24)21(27)23-22-20(26)15-25(2)30(28,29)13-12-16-8-4-3-5-9-16/h3-14H,15H2,1-2H3,(H,22,26)(H,23,27)/b13-12+. The topological polar surface area (TPSA) is 101 Å². The average Bonchev–Trinajstić information content (AvgIpc) is 3.08. The molecule has 1 heterocycles. The number of hydrogen-bond acceptors (Lipinski definition) is 4. The van der Waals surface area contributed by atoms with Gasteiger partial charge in [0.1, 0.15) is 0 Å². The van der Waals surface area contributed by atoms with E-state index in [-0.39, 0.29) is 0 Å². The molecule has 0 unspecified atom stereocenters. The van der Waals surface area contributed by atoms with E-state index in [9.17, 15) is 18.0 Å². The second-order valence-electron chi connectivity index (χ2n) is 6.69. The maximum Gasteiger partial charge on any atom is 0.271 e. The molecule has 0 saturated heterocycles. The van der Waals surface area contributed by atoms with E-state index in [1.807, 2.05) is 41.9 Å². The van der Waals surface area contributed by atoms with Crippen molar-refractivity contribution >= 4 is 38.8 Å². The molecule has 2 aromatic carbocycles. The minimum Gasteiger partial charge on any atom is -0.350 e. The third-order valence-corrected chi connectivity index (χ3v) is 5.97.